The lowest BCUT2D eigenvalue weighted by Gasteiger charge is -2.13. The summed E-state index contributed by atoms with van der Waals surface area (Å²) >= 11 is 0. The zero-order valence-electron chi connectivity index (χ0n) is 12.0. The van der Waals surface area contributed by atoms with Gasteiger partial charge in [0.1, 0.15) is 5.75 Å². The van der Waals surface area contributed by atoms with Crippen LogP contribution < -0.4 is 4.74 Å². The van der Waals surface area contributed by atoms with Gasteiger partial charge in [-0.2, -0.15) is 0 Å². The molecule has 1 unspecified atom stereocenters. The van der Waals surface area contributed by atoms with Crippen molar-refractivity contribution in [3.05, 3.63) is 29.8 Å². The van der Waals surface area contributed by atoms with E-state index in [4.69, 9.17) is 19.3 Å². The lowest BCUT2D eigenvalue weighted by atomic mass is 10.1. The summed E-state index contributed by atoms with van der Waals surface area (Å²) in [5, 5.41) is 8.93. The molecule has 0 heterocycles. The molecule has 0 amide bonds. The second-order valence-electron chi connectivity index (χ2n) is 4.31. The molecule has 0 aromatic heterocycles. The Hall–Kier alpha value is -1.59. The second-order valence-corrected chi connectivity index (χ2v) is 4.31. The van der Waals surface area contributed by atoms with Gasteiger partial charge in [-0.05, 0) is 31.0 Å². The Kier molecular flexibility index (Phi) is 7.69. The average Bonchev–Trinajstić information content (AvgIpc) is 2.45. The standard InChI is InChI=1S/C15H22O5/c1-3-19-14(15(16)17)9-11-20-13-6-4-12(5-7-13)8-10-18-2/h4-7,14H,3,8-11H2,1-2H3,(H,16,17). The molecule has 5 nitrogen and oxygen atoms in total. The zero-order chi connectivity index (χ0) is 14.8. The third-order valence-electron chi connectivity index (χ3n) is 2.81. The van der Waals surface area contributed by atoms with E-state index in [9.17, 15) is 4.79 Å². The van der Waals surface area contributed by atoms with E-state index in [0.717, 1.165) is 12.2 Å². The first-order valence-corrected chi connectivity index (χ1v) is 6.72. The first-order valence-electron chi connectivity index (χ1n) is 6.72. The smallest absolute Gasteiger partial charge is 0.332 e. The van der Waals surface area contributed by atoms with Crippen LogP contribution in [0.5, 0.6) is 5.75 Å². The molecule has 20 heavy (non-hydrogen) atoms. The molecule has 0 bridgehead atoms. The van der Waals surface area contributed by atoms with Gasteiger partial charge in [-0.25, -0.2) is 4.79 Å². The Morgan fingerprint density at radius 2 is 1.95 bits per heavy atom. The van der Waals surface area contributed by atoms with E-state index >= 15 is 0 Å². The van der Waals surface area contributed by atoms with E-state index in [1.807, 2.05) is 24.3 Å². The number of carboxylic acid groups (broad SMARTS) is 1. The first-order chi connectivity index (χ1) is 9.67. The largest absolute Gasteiger partial charge is 0.493 e. The first kappa shape index (κ1) is 16.5. The summed E-state index contributed by atoms with van der Waals surface area (Å²) in [6.07, 6.45) is 0.387. The highest BCUT2D eigenvalue weighted by atomic mass is 16.5. The summed E-state index contributed by atoms with van der Waals surface area (Å²) in [7, 11) is 1.68. The highest BCUT2D eigenvalue weighted by molar-refractivity contribution is 5.72. The van der Waals surface area contributed by atoms with Crippen LogP contribution in [0.15, 0.2) is 24.3 Å². The highest BCUT2D eigenvalue weighted by Gasteiger charge is 2.17. The number of ether oxygens (including phenoxy) is 3. The summed E-state index contributed by atoms with van der Waals surface area (Å²) in [5.74, 6) is -0.225. The molecule has 1 rings (SSSR count). The molecule has 0 aliphatic rings. The van der Waals surface area contributed by atoms with Gasteiger partial charge in [0.15, 0.2) is 6.10 Å². The number of rotatable bonds is 10. The predicted molar refractivity (Wildman–Crippen MR) is 75.2 cm³/mol. The monoisotopic (exact) mass is 282 g/mol. The molecule has 0 radical (unpaired) electrons. The van der Waals surface area contributed by atoms with Crippen LogP contribution in [0.4, 0.5) is 0 Å². The molecule has 1 aromatic carbocycles. The van der Waals surface area contributed by atoms with Crippen molar-refractivity contribution in [3.63, 3.8) is 0 Å². The molecule has 0 aliphatic carbocycles. The van der Waals surface area contributed by atoms with Gasteiger partial charge in [0.05, 0.1) is 13.2 Å². The van der Waals surface area contributed by atoms with E-state index < -0.39 is 12.1 Å². The van der Waals surface area contributed by atoms with Gasteiger partial charge in [0, 0.05) is 20.1 Å². The van der Waals surface area contributed by atoms with Crippen LogP contribution in [0.3, 0.4) is 0 Å². The fraction of sp³-hybridized carbons (Fsp3) is 0.533. The SMILES string of the molecule is CCOC(CCOc1ccc(CCOC)cc1)C(=O)O. The van der Waals surface area contributed by atoms with Crippen molar-refractivity contribution in [2.45, 2.75) is 25.9 Å². The lowest BCUT2D eigenvalue weighted by molar-refractivity contribution is -0.150. The highest BCUT2D eigenvalue weighted by Crippen LogP contribution is 2.13. The Morgan fingerprint density at radius 3 is 2.50 bits per heavy atom. The van der Waals surface area contributed by atoms with Crippen molar-refractivity contribution in [2.24, 2.45) is 0 Å². The minimum Gasteiger partial charge on any atom is -0.493 e. The summed E-state index contributed by atoms with van der Waals surface area (Å²) < 4.78 is 15.6. The quantitative estimate of drug-likeness (QED) is 0.712. The molecular formula is C15H22O5. The van der Waals surface area contributed by atoms with Gasteiger partial charge in [-0.1, -0.05) is 12.1 Å². The molecule has 0 spiro atoms. The fourth-order valence-corrected chi connectivity index (χ4v) is 1.74. The molecule has 1 N–H and O–H groups in total. The number of hydrogen-bond donors (Lipinski definition) is 1. The van der Waals surface area contributed by atoms with E-state index in [1.54, 1.807) is 14.0 Å². The number of carbonyl (C=O) groups is 1. The van der Waals surface area contributed by atoms with E-state index in [0.29, 0.717) is 26.2 Å². The van der Waals surface area contributed by atoms with Crippen LogP contribution in [-0.4, -0.2) is 44.1 Å². The van der Waals surface area contributed by atoms with E-state index in [2.05, 4.69) is 0 Å². The lowest BCUT2D eigenvalue weighted by Crippen LogP contribution is -2.26. The van der Waals surface area contributed by atoms with Crippen molar-refractivity contribution < 1.29 is 24.1 Å². The van der Waals surface area contributed by atoms with Gasteiger partial charge in [-0.15, -0.1) is 0 Å². The molecule has 0 saturated heterocycles. The van der Waals surface area contributed by atoms with Crippen molar-refractivity contribution in [1.29, 1.82) is 0 Å². The minimum atomic E-state index is -0.953. The topological polar surface area (TPSA) is 65.0 Å². The number of methoxy groups -OCH3 is 1. The van der Waals surface area contributed by atoms with Gasteiger partial charge in [0.25, 0.3) is 0 Å². The van der Waals surface area contributed by atoms with Gasteiger partial charge >= 0.3 is 5.97 Å². The Labute approximate surface area is 119 Å². The van der Waals surface area contributed by atoms with Crippen LogP contribution in [0, 0.1) is 0 Å². The van der Waals surface area contributed by atoms with Crippen molar-refractivity contribution in [2.75, 3.05) is 26.9 Å². The molecule has 112 valence electrons. The molecule has 0 saturated carbocycles. The maximum atomic E-state index is 10.9. The fourth-order valence-electron chi connectivity index (χ4n) is 1.74. The molecule has 0 fully saturated rings. The van der Waals surface area contributed by atoms with E-state index in [-0.39, 0.29) is 0 Å². The van der Waals surface area contributed by atoms with Crippen molar-refractivity contribution >= 4 is 5.97 Å². The summed E-state index contributed by atoms with van der Waals surface area (Å²) in [4.78, 5) is 10.9. The third kappa shape index (κ3) is 6.04. The second kappa shape index (κ2) is 9.34. The molecule has 0 aliphatic heterocycles. The molecule has 1 aromatic rings. The molecule has 1 atom stereocenters. The van der Waals surface area contributed by atoms with Gasteiger partial charge in [0.2, 0.25) is 0 Å². The van der Waals surface area contributed by atoms with Crippen molar-refractivity contribution in [1.82, 2.24) is 0 Å². The summed E-state index contributed by atoms with van der Waals surface area (Å²) in [5.41, 5.74) is 1.18. The van der Waals surface area contributed by atoms with E-state index in [1.165, 1.54) is 5.56 Å². The van der Waals surface area contributed by atoms with Crippen LogP contribution in [0.1, 0.15) is 18.9 Å². The predicted octanol–water partition coefficient (Wildman–Crippen LogP) is 2.13. The van der Waals surface area contributed by atoms with Gasteiger partial charge in [-0.3, -0.25) is 0 Å². The Balaban J connectivity index is 2.35. The van der Waals surface area contributed by atoms with Crippen molar-refractivity contribution in [3.8, 4) is 5.75 Å². The van der Waals surface area contributed by atoms with Crippen LogP contribution >= 0.6 is 0 Å². The minimum absolute atomic E-state index is 0.314. The summed E-state index contributed by atoms with van der Waals surface area (Å²) in [6.45, 7) is 3.16. The zero-order valence-corrected chi connectivity index (χ0v) is 12.0. The molecular weight excluding hydrogens is 260 g/mol. The molecule has 5 heteroatoms. The Morgan fingerprint density at radius 1 is 1.25 bits per heavy atom. The average molecular weight is 282 g/mol. The van der Waals surface area contributed by atoms with Crippen LogP contribution in [0.25, 0.3) is 0 Å². The number of benzene rings is 1. The van der Waals surface area contributed by atoms with Crippen LogP contribution in [-0.2, 0) is 20.7 Å². The summed E-state index contributed by atoms with van der Waals surface area (Å²) in [6, 6.07) is 7.71. The van der Waals surface area contributed by atoms with Crippen LogP contribution in [0.2, 0.25) is 0 Å². The number of aliphatic carboxylic acids is 1. The normalized spacial score (nSPS) is 12.1. The third-order valence-corrected chi connectivity index (χ3v) is 2.81. The van der Waals surface area contributed by atoms with Gasteiger partial charge < -0.3 is 19.3 Å². The number of carboxylic acids is 1. The maximum absolute atomic E-state index is 10.9. The Bertz CT molecular complexity index is 388. The number of hydrogen-bond acceptors (Lipinski definition) is 4. The maximum Gasteiger partial charge on any atom is 0.332 e.